The van der Waals surface area contributed by atoms with E-state index in [0.717, 1.165) is 23.9 Å². The van der Waals surface area contributed by atoms with Gasteiger partial charge in [-0.15, -0.1) is 0 Å². The zero-order valence-electron chi connectivity index (χ0n) is 16.0. The molecule has 154 valence electrons. The molecular weight excluding hydrogens is 470 g/mol. The Kier molecular flexibility index (Phi) is 6.20. The summed E-state index contributed by atoms with van der Waals surface area (Å²) in [5, 5.41) is 10.1. The molecule has 1 fully saturated rings. The second-order valence-corrected chi connectivity index (χ2v) is 8.33. The summed E-state index contributed by atoms with van der Waals surface area (Å²) in [6, 6.07) is 15.3. The lowest BCUT2D eigenvalue weighted by Gasteiger charge is -2.25. The van der Waals surface area contributed by atoms with Gasteiger partial charge in [0.15, 0.2) is 0 Å². The van der Waals surface area contributed by atoms with E-state index in [9.17, 15) is 9.90 Å². The molecular formula is C22H19BrClN3O3. The van der Waals surface area contributed by atoms with Crippen molar-refractivity contribution < 1.29 is 14.6 Å². The molecule has 6 nitrogen and oxygen atoms in total. The number of anilines is 1. The number of hydrogen-bond donors (Lipinski definition) is 1. The molecule has 1 aliphatic heterocycles. The first kappa shape index (κ1) is 20.6. The quantitative estimate of drug-likeness (QED) is 0.493. The van der Waals surface area contributed by atoms with Gasteiger partial charge in [-0.2, -0.15) is 0 Å². The van der Waals surface area contributed by atoms with Gasteiger partial charge in [0.25, 0.3) is 0 Å². The standard InChI is InChI=1S/C22H19BrClN3O3/c23-15-5-3-14(4-6-15)20-2-1-11-27(20)22-25-12-18(21(28)29)19(26-22)13-30-17-9-7-16(24)8-10-17/h3-10,12,20H,1-2,11,13H2,(H,28,29). The van der Waals surface area contributed by atoms with Crippen LogP contribution in [0, 0.1) is 0 Å². The van der Waals surface area contributed by atoms with Gasteiger partial charge in [0.1, 0.15) is 17.9 Å². The van der Waals surface area contributed by atoms with Crippen LogP contribution in [0.3, 0.4) is 0 Å². The van der Waals surface area contributed by atoms with E-state index in [1.165, 1.54) is 11.8 Å². The van der Waals surface area contributed by atoms with Gasteiger partial charge in [0, 0.05) is 22.2 Å². The lowest BCUT2D eigenvalue weighted by atomic mass is 10.1. The van der Waals surface area contributed by atoms with Crippen LogP contribution >= 0.6 is 27.5 Å². The second kappa shape index (κ2) is 9.02. The number of aromatic carboxylic acids is 1. The largest absolute Gasteiger partial charge is 0.487 e. The van der Waals surface area contributed by atoms with E-state index in [2.05, 4.69) is 42.9 Å². The van der Waals surface area contributed by atoms with Crippen molar-refractivity contribution in [2.45, 2.75) is 25.5 Å². The lowest BCUT2D eigenvalue weighted by Crippen LogP contribution is -2.26. The van der Waals surface area contributed by atoms with Gasteiger partial charge in [-0.3, -0.25) is 0 Å². The van der Waals surface area contributed by atoms with Gasteiger partial charge < -0.3 is 14.7 Å². The molecule has 0 spiro atoms. The highest BCUT2D eigenvalue weighted by Gasteiger charge is 2.29. The average Bonchev–Trinajstić information content (AvgIpc) is 3.23. The number of rotatable bonds is 6. The molecule has 1 N–H and O–H groups in total. The minimum absolute atomic E-state index is 0.0234. The Morgan fingerprint density at radius 2 is 1.93 bits per heavy atom. The zero-order valence-corrected chi connectivity index (χ0v) is 18.3. The Hall–Kier alpha value is -2.64. The molecule has 1 aromatic heterocycles. The number of nitrogens with zero attached hydrogens (tertiary/aromatic N) is 3. The van der Waals surface area contributed by atoms with Crippen molar-refractivity contribution in [3.63, 3.8) is 0 Å². The van der Waals surface area contributed by atoms with Crippen LogP contribution in [0.4, 0.5) is 5.95 Å². The Morgan fingerprint density at radius 1 is 1.20 bits per heavy atom. The lowest BCUT2D eigenvalue weighted by molar-refractivity contribution is 0.0692. The number of benzene rings is 2. The number of halogens is 2. The van der Waals surface area contributed by atoms with E-state index in [-0.39, 0.29) is 18.2 Å². The van der Waals surface area contributed by atoms with Crippen molar-refractivity contribution in [3.8, 4) is 5.75 Å². The van der Waals surface area contributed by atoms with Gasteiger partial charge in [0.05, 0.1) is 11.7 Å². The summed E-state index contributed by atoms with van der Waals surface area (Å²) in [5.74, 6) is 0.0204. The maximum Gasteiger partial charge on any atom is 0.339 e. The Balaban J connectivity index is 1.60. The molecule has 0 radical (unpaired) electrons. The summed E-state index contributed by atoms with van der Waals surface area (Å²) >= 11 is 9.37. The highest BCUT2D eigenvalue weighted by molar-refractivity contribution is 9.10. The first-order chi connectivity index (χ1) is 14.5. The molecule has 1 unspecified atom stereocenters. The van der Waals surface area contributed by atoms with E-state index in [4.69, 9.17) is 16.3 Å². The third-order valence-electron chi connectivity index (χ3n) is 5.04. The normalized spacial score (nSPS) is 15.9. The van der Waals surface area contributed by atoms with Crippen molar-refractivity contribution >= 4 is 39.4 Å². The fourth-order valence-electron chi connectivity index (χ4n) is 3.55. The van der Waals surface area contributed by atoms with Gasteiger partial charge >= 0.3 is 5.97 Å². The maximum atomic E-state index is 11.7. The molecule has 0 bridgehead atoms. The first-order valence-electron chi connectivity index (χ1n) is 9.51. The molecule has 1 atom stereocenters. The predicted octanol–water partition coefficient (Wildman–Crippen LogP) is 5.51. The molecule has 0 saturated carbocycles. The van der Waals surface area contributed by atoms with Gasteiger partial charge in [-0.25, -0.2) is 14.8 Å². The molecule has 30 heavy (non-hydrogen) atoms. The summed E-state index contributed by atoms with van der Waals surface area (Å²) in [6.45, 7) is 0.834. The topological polar surface area (TPSA) is 75.5 Å². The van der Waals surface area contributed by atoms with Crippen molar-refractivity contribution in [2.24, 2.45) is 0 Å². The smallest absolute Gasteiger partial charge is 0.339 e. The zero-order chi connectivity index (χ0) is 21.1. The molecule has 1 saturated heterocycles. The summed E-state index contributed by atoms with van der Waals surface area (Å²) in [5.41, 5.74) is 1.55. The third-order valence-corrected chi connectivity index (χ3v) is 5.82. The van der Waals surface area contributed by atoms with Crippen LogP contribution in [0.15, 0.2) is 59.2 Å². The number of carboxylic acids is 1. The average molecular weight is 489 g/mol. The van der Waals surface area contributed by atoms with E-state index in [0.29, 0.717) is 22.4 Å². The van der Waals surface area contributed by atoms with Crippen LogP contribution in [0.5, 0.6) is 5.75 Å². The van der Waals surface area contributed by atoms with E-state index in [1.807, 2.05) is 12.1 Å². The Morgan fingerprint density at radius 3 is 2.63 bits per heavy atom. The first-order valence-corrected chi connectivity index (χ1v) is 10.7. The SMILES string of the molecule is O=C(O)c1cnc(N2CCCC2c2ccc(Br)cc2)nc1COc1ccc(Cl)cc1. The van der Waals surface area contributed by atoms with Gasteiger partial charge in [0.2, 0.25) is 5.95 Å². The number of aromatic nitrogens is 2. The molecule has 3 aromatic rings. The molecule has 4 rings (SSSR count). The number of carbonyl (C=O) groups is 1. The minimum Gasteiger partial charge on any atom is -0.487 e. The van der Waals surface area contributed by atoms with Crippen LogP contribution in [0.25, 0.3) is 0 Å². The molecule has 0 amide bonds. The number of carboxylic acid groups (broad SMARTS) is 1. The number of hydrogen-bond acceptors (Lipinski definition) is 5. The molecule has 2 heterocycles. The van der Waals surface area contributed by atoms with Crippen molar-refractivity contribution in [2.75, 3.05) is 11.4 Å². The molecule has 1 aliphatic rings. The van der Waals surface area contributed by atoms with Crippen LogP contribution in [-0.4, -0.2) is 27.6 Å². The van der Waals surface area contributed by atoms with E-state index >= 15 is 0 Å². The molecule has 0 aliphatic carbocycles. The highest BCUT2D eigenvalue weighted by Crippen LogP contribution is 2.35. The Labute approximate surface area is 187 Å². The monoisotopic (exact) mass is 487 g/mol. The highest BCUT2D eigenvalue weighted by atomic mass is 79.9. The second-order valence-electron chi connectivity index (χ2n) is 6.98. The van der Waals surface area contributed by atoms with E-state index in [1.54, 1.807) is 24.3 Å². The predicted molar refractivity (Wildman–Crippen MR) is 118 cm³/mol. The van der Waals surface area contributed by atoms with Crippen LogP contribution in [-0.2, 0) is 6.61 Å². The number of ether oxygens (including phenoxy) is 1. The van der Waals surface area contributed by atoms with Crippen molar-refractivity contribution in [1.29, 1.82) is 0 Å². The summed E-state index contributed by atoms with van der Waals surface area (Å²) < 4.78 is 6.77. The van der Waals surface area contributed by atoms with Crippen LogP contribution < -0.4 is 9.64 Å². The molecule has 2 aromatic carbocycles. The maximum absolute atomic E-state index is 11.7. The van der Waals surface area contributed by atoms with Crippen molar-refractivity contribution in [3.05, 3.63) is 81.0 Å². The summed E-state index contributed by atoms with van der Waals surface area (Å²) in [4.78, 5) is 22.7. The van der Waals surface area contributed by atoms with Crippen LogP contribution in [0.2, 0.25) is 5.02 Å². The van der Waals surface area contributed by atoms with Crippen LogP contribution in [0.1, 0.15) is 40.5 Å². The van der Waals surface area contributed by atoms with Gasteiger partial charge in [-0.05, 0) is 54.8 Å². The summed E-state index contributed by atoms with van der Waals surface area (Å²) in [6.07, 6.45) is 3.37. The Bertz CT molecular complexity index is 1040. The van der Waals surface area contributed by atoms with Gasteiger partial charge in [-0.1, -0.05) is 39.7 Å². The molecule has 8 heteroatoms. The van der Waals surface area contributed by atoms with Crippen molar-refractivity contribution in [1.82, 2.24) is 9.97 Å². The fourth-order valence-corrected chi connectivity index (χ4v) is 3.94. The van der Waals surface area contributed by atoms with E-state index < -0.39 is 5.97 Å². The summed E-state index contributed by atoms with van der Waals surface area (Å²) in [7, 11) is 0. The minimum atomic E-state index is -1.08. The fraction of sp³-hybridized carbons (Fsp3) is 0.227. The third kappa shape index (κ3) is 4.57.